The van der Waals surface area contributed by atoms with E-state index in [1.165, 1.54) is 14.2 Å². The van der Waals surface area contributed by atoms with Crippen molar-refractivity contribution in [2.24, 2.45) is 10.3 Å². The maximum absolute atomic E-state index is 11.9. The van der Waals surface area contributed by atoms with Crippen LogP contribution in [0.2, 0.25) is 0 Å². The molecule has 1 aromatic rings. The van der Waals surface area contributed by atoms with Gasteiger partial charge in [-0.2, -0.15) is 0 Å². The minimum absolute atomic E-state index is 0.0847. The van der Waals surface area contributed by atoms with Crippen molar-refractivity contribution in [3.8, 4) is 0 Å². The van der Waals surface area contributed by atoms with Gasteiger partial charge in [0.15, 0.2) is 5.71 Å². The number of methoxy groups -OCH3 is 1. The van der Waals surface area contributed by atoms with Crippen LogP contribution in [0.15, 0.2) is 34.6 Å². The SMILES string of the molecule is CON=C(C(=O)OC)c1ccccc1CON=CCN1CCOCC1. The van der Waals surface area contributed by atoms with Gasteiger partial charge in [-0.25, -0.2) is 4.79 Å². The summed E-state index contributed by atoms with van der Waals surface area (Å²) in [5, 5.41) is 7.74. The van der Waals surface area contributed by atoms with Gasteiger partial charge in [0.2, 0.25) is 0 Å². The molecule has 0 saturated carbocycles. The average Bonchev–Trinajstić information content (AvgIpc) is 2.66. The third-order valence-electron chi connectivity index (χ3n) is 3.65. The van der Waals surface area contributed by atoms with Crippen molar-refractivity contribution in [3.05, 3.63) is 35.4 Å². The first-order valence-corrected chi connectivity index (χ1v) is 7.98. The Kier molecular flexibility index (Phi) is 7.87. The second kappa shape index (κ2) is 10.4. The molecular weight excluding hydrogens is 326 g/mol. The lowest BCUT2D eigenvalue weighted by Crippen LogP contribution is -2.37. The Hall–Kier alpha value is -2.45. The molecule has 0 spiro atoms. The van der Waals surface area contributed by atoms with Crippen LogP contribution in [-0.4, -0.2) is 69.9 Å². The highest BCUT2D eigenvalue weighted by Crippen LogP contribution is 2.13. The predicted octanol–water partition coefficient (Wildman–Crippen LogP) is 1.04. The van der Waals surface area contributed by atoms with Crippen molar-refractivity contribution in [2.45, 2.75) is 6.61 Å². The van der Waals surface area contributed by atoms with E-state index in [0.29, 0.717) is 12.1 Å². The molecule has 25 heavy (non-hydrogen) atoms. The maximum atomic E-state index is 11.9. The summed E-state index contributed by atoms with van der Waals surface area (Å²) in [5.74, 6) is -0.579. The van der Waals surface area contributed by atoms with E-state index in [1.54, 1.807) is 18.3 Å². The molecule has 1 saturated heterocycles. The average molecular weight is 349 g/mol. The van der Waals surface area contributed by atoms with Crippen LogP contribution in [0.1, 0.15) is 11.1 Å². The number of carbonyl (C=O) groups is 1. The first-order chi connectivity index (χ1) is 12.3. The summed E-state index contributed by atoms with van der Waals surface area (Å²) in [5.41, 5.74) is 1.42. The lowest BCUT2D eigenvalue weighted by Gasteiger charge is -2.24. The van der Waals surface area contributed by atoms with Crippen LogP contribution >= 0.6 is 0 Å². The number of carbonyl (C=O) groups excluding carboxylic acids is 1. The van der Waals surface area contributed by atoms with Gasteiger partial charge >= 0.3 is 5.97 Å². The Morgan fingerprint density at radius 2 is 2.04 bits per heavy atom. The fourth-order valence-corrected chi connectivity index (χ4v) is 2.35. The minimum Gasteiger partial charge on any atom is -0.464 e. The van der Waals surface area contributed by atoms with Crippen molar-refractivity contribution in [1.82, 2.24) is 4.90 Å². The number of oxime groups is 2. The number of hydrogen-bond acceptors (Lipinski definition) is 8. The number of esters is 1. The van der Waals surface area contributed by atoms with Gasteiger partial charge in [0.1, 0.15) is 13.7 Å². The van der Waals surface area contributed by atoms with Gasteiger partial charge in [-0.1, -0.05) is 34.6 Å². The van der Waals surface area contributed by atoms with E-state index in [0.717, 1.165) is 31.9 Å². The second-order valence-corrected chi connectivity index (χ2v) is 5.25. The van der Waals surface area contributed by atoms with Gasteiger partial charge in [0.25, 0.3) is 0 Å². The quantitative estimate of drug-likeness (QED) is 0.396. The Morgan fingerprint density at radius 1 is 1.28 bits per heavy atom. The minimum atomic E-state index is -0.579. The van der Waals surface area contributed by atoms with Crippen molar-refractivity contribution in [2.75, 3.05) is 47.1 Å². The van der Waals surface area contributed by atoms with Gasteiger partial charge in [0.05, 0.1) is 26.5 Å². The third-order valence-corrected chi connectivity index (χ3v) is 3.65. The summed E-state index contributed by atoms with van der Waals surface area (Å²) in [4.78, 5) is 24.2. The number of morpholine rings is 1. The molecule has 8 heteroatoms. The second-order valence-electron chi connectivity index (χ2n) is 5.25. The molecule has 0 atom stereocenters. The molecule has 8 nitrogen and oxygen atoms in total. The summed E-state index contributed by atoms with van der Waals surface area (Å²) in [6, 6.07) is 7.24. The van der Waals surface area contributed by atoms with Crippen molar-refractivity contribution in [1.29, 1.82) is 0 Å². The van der Waals surface area contributed by atoms with Crippen molar-refractivity contribution in [3.63, 3.8) is 0 Å². The molecule has 0 N–H and O–H groups in total. The zero-order valence-electron chi connectivity index (χ0n) is 14.5. The molecule has 0 amide bonds. The van der Waals surface area contributed by atoms with E-state index in [2.05, 4.69) is 15.2 Å². The molecular formula is C17H23N3O5. The van der Waals surface area contributed by atoms with Gasteiger partial charge in [0, 0.05) is 30.8 Å². The molecule has 0 unspecified atom stereocenters. The highest BCUT2D eigenvalue weighted by atomic mass is 16.6. The third kappa shape index (κ3) is 5.84. The lowest BCUT2D eigenvalue weighted by molar-refractivity contribution is -0.132. The van der Waals surface area contributed by atoms with Crippen LogP contribution < -0.4 is 0 Å². The van der Waals surface area contributed by atoms with Crippen LogP contribution in [0.4, 0.5) is 0 Å². The molecule has 136 valence electrons. The first-order valence-electron chi connectivity index (χ1n) is 7.98. The van der Waals surface area contributed by atoms with Crippen LogP contribution in [0.3, 0.4) is 0 Å². The number of rotatable bonds is 8. The Bertz CT molecular complexity index is 612. The zero-order valence-corrected chi connectivity index (χ0v) is 14.5. The first kappa shape index (κ1) is 18.9. The Morgan fingerprint density at radius 3 is 2.76 bits per heavy atom. The summed E-state index contributed by atoms with van der Waals surface area (Å²) >= 11 is 0. The van der Waals surface area contributed by atoms with E-state index in [9.17, 15) is 4.79 Å². The lowest BCUT2D eigenvalue weighted by atomic mass is 10.0. The molecule has 0 radical (unpaired) electrons. The zero-order chi connectivity index (χ0) is 17.9. The fourth-order valence-electron chi connectivity index (χ4n) is 2.35. The summed E-state index contributed by atoms with van der Waals surface area (Å²) in [7, 11) is 2.67. The van der Waals surface area contributed by atoms with E-state index in [1.807, 2.05) is 12.1 Å². The van der Waals surface area contributed by atoms with Gasteiger partial charge in [-0.3, -0.25) is 4.90 Å². The Balaban J connectivity index is 1.95. The molecule has 0 bridgehead atoms. The smallest absolute Gasteiger partial charge is 0.360 e. The van der Waals surface area contributed by atoms with Crippen LogP contribution in [0.25, 0.3) is 0 Å². The van der Waals surface area contributed by atoms with Crippen molar-refractivity contribution >= 4 is 17.9 Å². The fraction of sp³-hybridized carbons (Fsp3) is 0.471. The molecule has 1 aliphatic rings. The van der Waals surface area contributed by atoms with Gasteiger partial charge in [-0.15, -0.1) is 0 Å². The van der Waals surface area contributed by atoms with Crippen LogP contribution in [0.5, 0.6) is 0 Å². The van der Waals surface area contributed by atoms with E-state index >= 15 is 0 Å². The molecule has 1 fully saturated rings. The monoisotopic (exact) mass is 349 g/mol. The van der Waals surface area contributed by atoms with Crippen LogP contribution in [-0.2, 0) is 30.6 Å². The molecule has 1 heterocycles. The largest absolute Gasteiger partial charge is 0.464 e. The highest BCUT2D eigenvalue weighted by molar-refractivity contribution is 6.43. The molecule has 0 aliphatic carbocycles. The normalized spacial score (nSPS) is 16.0. The van der Waals surface area contributed by atoms with E-state index in [-0.39, 0.29) is 12.3 Å². The summed E-state index contributed by atoms with van der Waals surface area (Å²) < 4.78 is 10.0. The molecule has 1 aromatic carbocycles. The number of nitrogens with zero attached hydrogens (tertiary/aromatic N) is 3. The molecule has 2 rings (SSSR count). The van der Waals surface area contributed by atoms with Crippen LogP contribution in [0, 0.1) is 0 Å². The maximum Gasteiger partial charge on any atom is 0.360 e. The highest BCUT2D eigenvalue weighted by Gasteiger charge is 2.19. The predicted molar refractivity (Wildman–Crippen MR) is 92.5 cm³/mol. The van der Waals surface area contributed by atoms with E-state index in [4.69, 9.17) is 19.1 Å². The standard InChI is InChI=1S/C17H23N3O5/c1-22-17(21)16(19-23-2)15-6-4-3-5-14(15)13-25-18-7-8-20-9-11-24-12-10-20/h3-7H,8-13H2,1-2H3. The summed E-state index contributed by atoms with van der Waals surface area (Å²) in [6.07, 6.45) is 1.72. The topological polar surface area (TPSA) is 82.0 Å². The van der Waals surface area contributed by atoms with Gasteiger partial charge < -0.3 is 19.1 Å². The summed E-state index contributed by atoms with van der Waals surface area (Å²) in [6.45, 7) is 4.20. The Labute approximate surface area is 147 Å². The van der Waals surface area contributed by atoms with E-state index < -0.39 is 5.97 Å². The molecule has 1 aliphatic heterocycles. The molecule has 0 aromatic heterocycles. The number of hydrogen-bond donors (Lipinski definition) is 0. The van der Waals surface area contributed by atoms with Gasteiger partial charge in [-0.05, 0) is 0 Å². The number of ether oxygens (including phenoxy) is 2. The van der Waals surface area contributed by atoms with Crippen molar-refractivity contribution < 1.29 is 23.9 Å². The number of benzene rings is 1.